The highest BCUT2D eigenvalue weighted by atomic mass is 33.1. The maximum absolute atomic E-state index is 13.1. The molecule has 0 radical (unpaired) electrons. The summed E-state index contributed by atoms with van der Waals surface area (Å²) in [4.78, 5) is 41.2. The molecule has 3 N–H and O–H groups in total. The molecule has 1 spiro atoms. The summed E-state index contributed by atoms with van der Waals surface area (Å²) < 4.78 is 11.5. The normalized spacial score (nSPS) is 25.4. The van der Waals surface area contributed by atoms with Crippen LogP contribution in [0.15, 0.2) is 29.4 Å². The van der Waals surface area contributed by atoms with Crippen LogP contribution in [0.2, 0.25) is 11.6 Å². The molecule has 1 aromatic rings. The minimum absolute atomic E-state index is 0.000474. The summed E-state index contributed by atoms with van der Waals surface area (Å²) >= 11 is 0. The second-order valence-corrected chi connectivity index (χ2v) is 16.0. The van der Waals surface area contributed by atoms with Crippen LogP contribution in [0.4, 0.5) is 10.5 Å². The van der Waals surface area contributed by atoms with Crippen molar-refractivity contribution in [3.63, 3.8) is 0 Å². The fraction of sp³-hybridized carbons (Fsp3) is 0.690. The molecule has 1 aromatic carbocycles. The van der Waals surface area contributed by atoms with Crippen molar-refractivity contribution >= 4 is 51.7 Å². The Morgan fingerprint density at radius 2 is 1.84 bits per heavy atom. The summed E-state index contributed by atoms with van der Waals surface area (Å²) in [6.07, 6.45) is 8.57. The van der Waals surface area contributed by atoms with E-state index in [4.69, 9.17) is 14.9 Å². The standard InChI is InChI=1S/C29H44BN6O5S2/c1-29(2,3)43-42-19-25(33-28(39)40-18-20-13-15-23(16-14-20)35-36-31)26(37)32-17-5-4-12-24-27(38)41-30(34-24)21-8-6-9-22(30)11-7-10-21/h13-16,21-22,24-25,34H,4-12,17-19H2,1-3H3,(H,32,37)(H,33,39)/q-1/t21?,22?,24-,25-,30?/m0/s1. The molecule has 3 saturated heterocycles. The monoisotopic (exact) mass is 631 g/mol. The molecular formula is C29H44BN6O5S2-. The number of nitrogens with one attached hydrogen (secondary N) is 3. The van der Waals surface area contributed by atoms with Crippen molar-refractivity contribution in [1.82, 2.24) is 15.9 Å². The molecule has 43 heavy (non-hydrogen) atoms. The van der Waals surface area contributed by atoms with E-state index in [1.807, 2.05) is 0 Å². The lowest BCUT2D eigenvalue weighted by molar-refractivity contribution is -0.134. The first kappa shape index (κ1) is 33.4. The number of alkyl carbamates (subject to hydrolysis) is 1. The van der Waals surface area contributed by atoms with Crippen LogP contribution in [0.3, 0.4) is 0 Å². The van der Waals surface area contributed by atoms with Crippen molar-refractivity contribution in [2.75, 3.05) is 12.3 Å². The lowest BCUT2D eigenvalue weighted by Crippen LogP contribution is -2.60. The number of nitrogens with zero attached hydrogens (tertiary/aromatic N) is 3. The van der Waals surface area contributed by atoms with Crippen molar-refractivity contribution in [1.29, 1.82) is 0 Å². The molecule has 0 saturated carbocycles. The van der Waals surface area contributed by atoms with Gasteiger partial charge in [-0.2, -0.15) is 0 Å². The minimum atomic E-state index is -1.25. The van der Waals surface area contributed by atoms with Crippen molar-refractivity contribution in [3.8, 4) is 0 Å². The predicted octanol–water partition coefficient (Wildman–Crippen LogP) is 6.76. The van der Waals surface area contributed by atoms with Crippen molar-refractivity contribution in [3.05, 3.63) is 40.3 Å². The van der Waals surface area contributed by atoms with E-state index in [1.165, 1.54) is 23.6 Å². The van der Waals surface area contributed by atoms with Crippen LogP contribution in [0.5, 0.6) is 0 Å². The third kappa shape index (κ3) is 9.47. The van der Waals surface area contributed by atoms with Gasteiger partial charge in [0.15, 0.2) is 0 Å². The quantitative estimate of drug-likeness (QED) is 0.0539. The van der Waals surface area contributed by atoms with Gasteiger partial charge in [0.05, 0.1) is 6.04 Å². The van der Waals surface area contributed by atoms with Crippen LogP contribution in [-0.4, -0.2) is 53.6 Å². The Morgan fingerprint density at radius 3 is 2.47 bits per heavy atom. The van der Waals surface area contributed by atoms with E-state index < -0.39 is 18.6 Å². The summed E-state index contributed by atoms with van der Waals surface area (Å²) in [6.45, 7) is 5.49. The molecule has 0 unspecified atom stereocenters. The molecule has 4 rings (SSSR count). The minimum Gasteiger partial charge on any atom is -0.673 e. The van der Waals surface area contributed by atoms with E-state index in [2.05, 4.69) is 46.7 Å². The lowest BCUT2D eigenvalue weighted by atomic mass is 9.28. The molecule has 3 aliphatic rings. The third-order valence-electron chi connectivity index (χ3n) is 8.60. The maximum Gasteiger partial charge on any atom is 0.408 e. The molecule has 0 aliphatic carbocycles. The Hall–Kier alpha value is -2.54. The Kier molecular flexibility index (Phi) is 12.0. The number of hydrogen-bond donors (Lipinski definition) is 3. The van der Waals surface area contributed by atoms with E-state index in [0.29, 0.717) is 36.0 Å². The zero-order valence-corrected chi connectivity index (χ0v) is 27.0. The molecule has 3 fully saturated rings. The molecule has 3 aliphatic heterocycles. The van der Waals surface area contributed by atoms with Gasteiger partial charge in [0.25, 0.3) is 5.97 Å². The molecule has 11 nitrogen and oxygen atoms in total. The highest BCUT2D eigenvalue weighted by molar-refractivity contribution is 8.77. The van der Waals surface area contributed by atoms with Crippen molar-refractivity contribution in [2.45, 2.75) is 114 Å². The van der Waals surface area contributed by atoms with E-state index in [1.54, 1.807) is 35.1 Å². The molecule has 0 aromatic heterocycles. The number of carbonyl (C=O) groups excluding carboxylic acids is 3. The summed E-state index contributed by atoms with van der Waals surface area (Å²) in [5.74, 6) is 0.972. The van der Waals surface area contributed by atoms with Crippen molar-refractivity contribution < 1.29 is 23.8 Å². The number of carbonyl (C=O) groups is 3. The van der Waals surface area contributed by atoms with Gasteiger partial charge >= 0.3 is 6.09 Å². The Balaban J connectivity index is 1.21. The number of azide groups is 1. The molecule has 2 bridgehead atoms. The van der Waals surface area contributed by atoms with Gasteiger partial charge < -0.3 is 25.3 Å². The molecule has 14 heteroatoms. The Morgan fingerprint density at radius 1 is 1.16 bits per heavy atom. The van der Waals surface area contributed by atoms with Crippen LogP contribution in [0.25, 0.3) is 10.4 Å². The van der Waals surface area contributed by atoms with E-state index in [9.17, 15) is 14.4 Å². The van der Waals surface area contributed by atoms with Crippen LogP contribution < -0.4 is 15.9 Å². The number of unbranched alkanes of at least 4 members (excludes halogenated alkanes) is 1. The van der Waals surface area contributed by atoms with Gasteiger partial charge in [-0.05, 0) is 30.4 Å². The fourth-order valence-corrected chi connectivity index (χ4v) is 9.08. The average molecular weight is 632 g/mol. The van der Waals surface area contributed by atoms with Gasteiger partial charge in [0.2, 0.25) is 12.4 Å². The maximum atomic E-state index is 13.1. The van der Waals surface area contributed by atoms with E-state index >= 15 is 0 Å². The van der Waals surface area contributed by atoms with Gasteiger partial charge in [0, 0.05) is 27.6 Å². The van der Waals surface area contributed by atoms with Crippen LogP contribution in [0, 0.1) is 0 Å². The van der Waals surface area contributed by atoms with Gasteiger partial charge in [-0.3, -0.25) is 9.59 Å². The Bertz CT molecular complexity index is 1150. The van der Waals surface area contributed by atoms with E-state index in [-0.39, 0.29) is 29.3 Å². The average Bonchev–Trinajstić information content (AvgIpc) is 3.26. The summed E-state index contributed by atoms with van der Waals surface area (Å²) in [5, 5.41) is 12.9. The van der Waals surface area contributed by atoms with Crippen molar-refractivity contribution in [2.24, 2.45) is 5.11 Å². The number of rotatable bonds is 13. The van der Waals surface area contributed by atoms with Gasteiger partial charge in [-0.1, -0.05) is 110 Å². The lowest BCUT2D eigenvalue weighted by Gasteiger charge is -2.55. The largest absolute Gasteiger partial charge is 0.673 e. The van der Waals surface area contributed by atoms with Gasteiger partial charge in [0.1, 0.15) is 12.6 Å². The highest BCUT2D eigenvalue weighted by Crippen LogP contribution is 2.53. The zero-order chi connectivity index (χ0) is 30.9. The van der Waals surface area contributed by atoms with Crippen LogP contribution in [-0.2, 0) is 25.6 Å². The third-order valence-corrected chi connectivity index (χ3v) is 11.9. The predicted molar refractivity (Wildman–Crippen MR) is 173 cm³/mol. The zero-order valence-electron chi connectivity index (χ0n) is 25.4. The first-order chi connectivity index (χ1) is 20.6. The number of benzene rings is 1. The summed E-state index contributed by atoms with van der Waals surface area (Å²) in [6, 6.07) is 5.66. The summed E-state index contributed by atoms with van der Waals surface area (Å²) in [5.41, 5.74) is 9.73. The molecular weight excluding hydrogens is 587 g/mol. The summed E-state index contributed by atoms with van der Waals surface area (Å²) in [7, 11) is 3.17. The molecule has 3 heterocycles. The van der Waals surface area contributed by atoms with Gasteiger partial charge in [-0.15, -0.1) is 11.6 Å². The first-order valence-electron chi connectivity index (χ1n) is 15.4. The first-order valence-corrected chi connectivity index (χ1v) is 17.7. The highest BCUT2D eigenvalue weighted by Gasteiger charge is 2.53. The second-order valence-electron chi connectivity index (χ2n) is 12.8. The van der Waals surface area contributed by atoms with Gasteiger partial charge in [-0.25, -0.2) is 4.79 Å². The second kappa shape index (κ2) is 15.5. The van der Waals surface area contributed by atoms with Crippen LogP contribution >= 0.6 is 21.6 Å². The van der Waals surface area contributed by atoms with Crippen LogP contribution in [0.1, 0.15) is 84.1 Å². The topological polar surface area (TPSA) is 155 Å². The number of amides is 2. The number of hydrogen-bond acceptors (Lipinski definition) is 9. The molecule has 2 atom stereocenters. The smallest absolute Gasteiger partial charge is 0.408 e. The fourth-order valence-electron chi connectivity index (χ4n) is 6.62. The van der Waals surface area contributed by atoms with E-state index in [0.717, 1.165) is 44.1 Å². The number of ether oxygens (including phenoxy) is 1. The molecule has 236 valence electrons. The Labute approximate surface area is 262 Å². The SMILES string of the molecule is CC(C)(C)SSC[C@H](NC(=O)OCc1ccc(N=[N+]=[N-])cc1)C(=O)NCCCC[C@@H]1N[B-]2(OC1=O)C1CCCC2CCC1. The molecule has 2 amide bonds.